The lowest BCUT2D eigenvalue weighted by Gasteiger charge is -1.99. The number of nitrogens with zero attached hydrogens (tertiary/aromatic N) is 3. The summed E-state index contributed by atoms with van der Waals surface area (Å²) in [6.45, 7) is 0. The molecule has 0 fully saturated rings. The molecule has 0 unspecified atom stereocenters. The first-order valence-corrected chi connectivity index (χ1v) is 6.18. The zero-order chi connectivity index (χ0) is 19.3. The average Bonchev–Trinajstić information content (AvgIpc) is 2.52. The third-order valence-corrected chi connectivity index (χ3v) is 2.72. The molecule has 0 saturated carbocycles. The van der Waals surface area contributed by atoms with Crippen molar-refractivity contribution in [3.8, 4) is 11.5 Å². The lowest BCUT2D eigenvalue weighted by Crippen LogP contribution is -1.96. The van der Waals surface area contributed by atoms with Gasteiger partial charge < -0.3 is 21.7 Å². The second kappa shape index (κ2) is 7.40. The Balaban J connectivity index is 0.000000257. The van der Waals surface area contributed by atoms with Crippen molar-refractivity contribution < 1.29 is 25.0 Å². The Bertz CT molecular complexity index is 854. The fourth-order valence-electron chi connectivity index (χ4n) is 1.56. The van der Waals surface area contributed by atoms with Gasteiger partial charge in [-0.3, -0.25) is 30.3 Å². The molecule has 0 aliphatic rings. The van der Waals surface area contributed by atoms with Crippen LogP contribution in [0.4, 0.5) is 28.4 Å². The number of rotatable bonds is 3. The molecular formula is C12H11N5O8. The Labute approximate surface area is 138 Å². The molecule has 0 spiro atoms. The van der Waals surface area contributed by atoms with Gasteiger partial charge in [-0.15, -0.1) is 0 Å². The second-order valence-electron chi connectivity index (χ2n) is 4.42. The predicted molar refractivity (Wildman–Crippen MR) is 85.0 cm³/mol. The predicted octanol–water partition coefficient (Wildman–Crippen LogP) is 1.67. The highest BCUT2D eigenvalue weighted by atomic mass is 16.6. The first-order chi connectivity index (χ1) is 11.5. The number of nitrogen functional groups attached to an aromatic ring is 2. The highest BCUT2D eigenvalue weighted by molar-refractivity contribution is 5.68. The molecule has 0 heterocycles. The maximum atomic E-state index is 10.3. The second-order valence-corrected chi connectivity index (χ2v) is 4.42. The van der Waals surface area contributed by atoms with Gasteiger partial charge in [-0.05, 0) is 12.1 Å². The minimum absolute atomic E-state index is 0.0489. The van der Waals surface area contributed by atoms with Crippen molar-refractivity contribution >= 4 is 28.4 Å². The van der Waals surface area contributed by atoms with Crippen molar-refractivity contribution in [2.75, 3.05) is 11.5 Å². The smallest absolute Gasteiger partial charge is 0.319 e. The van der Waals surface area contributed by atoms with Gasteiger partial charge in [-0.2, -0.15) is 0 Å². The summed E-state index contributed by atoms with van der Waals surface area (Å²) in [6.07, 6.45) is 0. The van der Waals surface area contributed by atoms with Crippen LogP contribution < -0.4 is 11.5 Å². The number of phenols is 2. The number of benzene rings is 2. The van der Waals surface area contributed by atoms with Crippen LogP contribution in [0.1, 0.15) is 0 Å². The van der Waals surface area contributed by atoms with Crippen LogP contribution in [0.25, 0.3) is 0 Å². The van der Waals surface area contributed by atoms with Gasteiger partial charge in [0.15, 0.2) is 0 Å². The minimum atomic E-state index is -0.946. The maximum absolute atomic E-state index is 10.3. The summed E-state index contributed by atoms with van der Waals surface area (Å²) in [5, 5.41) is 48.7. The van der Waals surface area contributed by atoms with Crippen molar-refractivity contribution in [2.24, 2.45) is 0 Å². The molecule has 13 nitrogen and oxygen atoms in total. The Morgan fingerprint density at radius 1 is 0.760 bits per heavy atom. The van der Waals surface area contributed by atoms with Gasteiger partial charge in [0.25, 0.3) is 11.4 Å². The monoisotopic (exact) mass is 353 g/mol. The molecule has 13 heteroatoms. The molecule has 2 rings (SSSR count). The van der Waals surface area contributed by atoms with Crippen molar-refractivity contribution in [3.63, 3.8) is 0 Å². The summed E-state index contributed by atoms with van der Waals surface area (Å²) < 4.78 is 0. The molecular weight excluding hydrogens is 342 g/mol. The summed E-state index contributed by atoms with van der Waals surface area (Å²) in [7, 11) is 0. The molecule has 0 aliphatic heterocycles. The summed E-state index contributed by atoms with van der Waals surface area (Å²) in [6, 6.07) is 5.08. The van der Waals surface area contributed by atoms with E-state index in [9.17, 15) is 30.3 Å². The van der Waals surface area contributed by atoms with Gasteiger partial charge >= 0.3 is 5.69 Å². The van der Waals surface area contributed by atoms with Crippen molar-refractivity contribution in [2.45, 2.75) is 0 Å². The Hall–Kier alpha value is -4.16. The number of anilines is 2. The van der Waals surface area contributed by atoms with Crippen molar-refractivity contribution in [1.82, 2.24) is 0 Å². The molecule has 25 heavy (non-hydrogen) atoms. The third-order valence-electron chi connectivity index (χ3n) is 2.72. The number of nitro groups is 3. The number of nitro benzene ring substituents is 3. The van der Waals surface area contributed by atoms with E-state index in [1.54, 1.807) is 0 Å². The summed E-state index contributed by atoms with van der Waals surface area (Å²) in [5.74, 6) is -0.925. The summed E-state index contributed by atoms with van der Waals surface area (Å²) in [5.41, 5.74) is 8.44. The fourth-order valence-corrected chi connectivity index (χ4v) is 1.56. The number of non-ortho nitro benzene ring substituents is 1. The zero-order valence-electron chi connectivity index (χ0n) is 12.2. The van der Waals surface area contributed by atoms with Crippen molar-refractivity contribution in [1.29, 1.82) is 0 Å². The molecule has 0 aliphatic carbocycles. The van der Waals surface area contributed by atoms with E-state index in [0.717, 1.165) is 12.1 Å². The van der Waals surface area contributed by atoms with Crippen LogP contribution >= 0.6 is 0 Å². The van der Waals surface area contributed by atoms with Crippen LogP contribution in [0, 0.1) is 30.3 Å². The lowest BCUT2D eigenvalue weighted by atomic mass is 10.2. The molecule has 0 atom stereocenters. The topological polar surface area (TPSA) is 222 Å². The van der Waals surface area contributed by atoms with E-state index in [2.05, 4.69) is 0 Å². The van der Waals surface area contributed by atoms with E-state index in [4.69, 9.17) is 21.7 Å². The third kappa shape index (κ3) is 4.65. The minimum Gasteiger partial charge on any atom is -0.508 e. The first-order valence-electron chi connectivity index (χ1n) is 6.18. The molecule has 132 valence electrons. The van der Waals surface area contributed by atoms with Gasteiger partial charge in [0.2, 0.25) is 5.75 Å². The quantitative estimate of drug-likeness (QED) is 0.205. The highest BCUT2D eigenvalue weighted by Crippen LogP contribution is 2.35. The number of aromatic hydroxyl groups is 2. The van der Waals surface area contributed by atoms with E-state index < -0.39 is 37.6 Å². The van der Waals surface area contributed by atoms with Crippen LogP contribution in [-0.4, -0.2) is 25.0 Å². The van der Waals surface area contributed by atoms with Gasteiger partial charge in [0.05, 0.1) is 32.6 Å². The average molecular weight is 353 g/mol. The first kappa shape index (κ1) is 18.9. The zero-order valence-corrected chi connectivity index (χ0v) is 12.2. The largest absolute Gasteiger partial charge is 0.508 e. The number of phenolic OH excluding ortho intramolecular Hbond substituents is 2. The Morgan fingerprint density at radius 2 is 1.32 bits per heavy atom. The standard InChI is InChI=1S/C6H5N3O5.C6H6N2O3/c7-4-1-3(8(11)12)2-5(6(4)10)9(13)14;7-5-2-1-4(9)3-6(5)8(10)11/h1-2,10H,7H2;1-3,9H,7H2. The van der Waals surface area contributed by atoms with Gasteiger partial charge in [0, 0.05) is 6.07 Å². The number of nitrogens with two attached hydrogens (primary N) is 2. The lowest BCUT2D eigenvalue weighted by molar-refractivity contribution is -0.394. The summed E-state index contributed by atoms with van der Waals surface area (Å²) >= 11 is 0. The van der Waals surface area contributed by atoms with Gasteiger partial charge in [-0.1, -0.05) is 0 Å². The Kier molecular flexibility index (Phi) is 5.59. The highest BCUT2D eigenvalue weighted by Gasteiger charge is 2.22. The molecule has 0 saturated heterocycles. The molecule has 0 radical (unpaired) electrons. The maximum Gasteiger partial charge on any atom is 0.319 e. The molecule has 2 aromatic rings. The normalized spacial score (nSPS) is 9.60. The molecule has 0 bridgehead atoms. The summed E-state index contributed by atoms with van der Waals surface area (Å²) in [4.78, 5) is 28.4. The van der Waals surface area contributed by atoms with Crippen LogP contribution in [-0.2, 0) is 0 Å². The van der Waals surface area contributed by atoms with Crippen LogP contribution in [0.2, 0.25) is 0 Å². The SMILES string of the molecule is Nc1cc([N+](=O)[O-])cc([N+](=O)[O-])c1O.Nc1ccc(O)cc1[N+](=O)[O-]. The number of hydrogen-bond acceptors (Lipinski definition) is 10. The van der Waals surface area contributed by atoms with E-state index in [0.29, 0.717) is 6.07 Å². The Morgan fingerprint density at radius 3 is 1.76 bits per heavy atom. The van der Waals surface area contributed by atoms with Crippen LogP contribution in [0.3, 0.4) is 0 Å². The van der Waals surface area contributed by atoms with Crippen molar-refractivity contribution in [3.05, 3.63) is 60.7 Å². The molecule has 2 aromatic carbocycles. The fraction of sp³-hybridized carbons (Fsp3) is 0. The number of hydrogen-bond donors (Lipinski definition) is 4. The molecule has 0 aromatic heterocycles. The van der Waals surface area contributed by atoms with Gasteiger partial charge in [-0.25, -0.2) is 0 Å². The molecule has 0 amide bonds. The van der Waals surface area contributed by atoms with E-state index >= 15 is 0 Å². The van der Waals surface area contributed by atoms with Crippen LogP contribution in [0.5, 0.6) is 11.5 Å². The van der Waals surface area contributed by atoms with Gasteiger partial charge in [0.1, 0.15) is 11.4 Å². The van der Waals surface area contributed by atoms with E-state index in [-0.39, 0.29) is 17.1 Å². The molecule has 6 N–H and O–H groups in total. The van der Waals surface area contributed by atoms with Crippen LogP contribution in [0.15, 0.2) is 30.3 Å². The van der Waals surface area contributed by atoms with E-state index in [1.165, 1.54) is 12.1 Å². The van der Waals surface area contributed by atoms with E-state index in [1.807, 2.05) is 0 Å².